The first-order chi connectivity index (χ1) is 16.2. The third-order valence-electron chi connectivity index (χ3n) is 6.61. The number of piperidine rings is 1. The molecule has 0 atom stereocenters. The Bertz CT molecular complexity index is 1320. The minimum atomic E-state index is 0.109. The Hall–Kier alpha value is -3.98. The molecule has 0 radical (unpaired) electrons. The molecule has 1 saturated heterocycles. The minimum Gasteiger partial charge on any atom is -0.339 e. The van der Waals surface area contributed by atoms with Crippen LogP contribution in [0.3, 0.4) is 0 Å². The lowest BCUT2D eigenvalue weighted by atomic mass is 9.94. The summed E-state index contributed by atoms with van der Waals surface area (Å²) in [6.07, 6.45) is 8.90. The molecular formula is C27H25N5O. The number of aromatic nitrogens is 3. The van der Waals surface area contributed by atoms with Gasteiger partial charge in [-0.3, -0.25) is 14.2 Å². The number of hydrogen-bond acceptors (Lipinski definition) is 4. The fraction of sp³-hybridized carbons (Fsp3) is 0.259. The second-order valence-corrected chi connectivity index (χ2v) is 8.55. The maximum Gasteiger partial charge on any atom is 0.253 e. The van der Waals surface area contributed by atoms with Crippen LogP contribution in [-0.2, 0) is 0 Å². The molecule has 0 spiro atoms. The molecular weight excluding hydrogens is 410 g/mol. The highest BCUT2D eigenvalue weighted by Gasteiger charge is 2.22. The van der Waals surface area contributed by atoms with Crippen molar-refractivity contribution in [1.29, 1.82) is 5.26 Å². The molecule has 1 aliphatic heterocycles. The number of benzene rings is 2. The van der Waals surface area contributed by atoms with Gasteiger partial charge in [-0.1, -0.05) is 37.6 Å². The number of nitrogens with zero attached hydrogens (tertiary/aromatic N) is 5. The Balaban J connectivity index is 1.39. The van der Waals surface area contributed by atoms with Crippen molar-refractivity contribution in [2.45, 2.75) is 26.2 Å². The normalized spacial score (nSPS) is 14.4. The van der Waals surface area contributed by atoms with Crippen LogP contribution in [0.25, 0.3) is 28.2 Å². The fourth-order valence-corrected chi connectivity index (χ4v) is 4.48. The van der Waals surface area contributed by atoms with Crippen molar-refractivity contribution < 1.29 is 4.79 Å². The molecule has 2 aromatic heterocycles. The molecule has 164 valence electrons. The van der Waals surface area contributed by atoms with E-state index in [0.717, 1.165) is 65.6 Å². The molecule has 2 aromatic carbocycles. The summed E-state index contributed by atoms with van der Waals surface area (Å²) in [6.45, 7) is 3.91. The van der Waals surface area contributed by atoms with E-state index < -0.39 is 0 Å². The van der Waals surface area contributed by atoms with Crippen molar-refractivity contribution >= 4 is 11.6 Å². The van der Waals surface area contributed by atoms with E-state index in [4.69, 9.17) is 5.26 Å². The minimum absolute atomic E-state index is 0.109. The molecule has 4 aromatic rings. The number of likely N-dealkylation sites (tertiary alicyclic amines) is 1. The van der Waals surface area contributed by atoms with Crippen molar-refractivity contribution in [2.24, 2.45) is 5.92 Å². The van der Waals surface area contributed by atoms with E-state index in [2.05, 4.69) is 23.0 Å². The van der Waals surface area contributed by atoms with E-state index in [-0.39, 0.29) is 5.91 Å². The lowest BCUT2D eigenvalue weighted by molar-refractivity contribution is 0.0689. The summed E-state index contributed by atoms with van der Waals surface area (Å²) >= 11 is 0. The summed E-state index contributed by atoms with van der Waals surface area (Å²) in [7, 11) is 0. The highest BCUT2D eigenvalue weighted by molar-refractivity contribution is 5.94. The number of fused-ring (bicyclic) bond motifs is 1. The van der Waals surface area contributed by atoms with E-state index in [9.17, 15) is 4.79 Å². The summed E-state index contributed by atoms with van der Waals surface area (Å²) < 4.78 is 2.00. The van der Waals surface area contributed by atoms with Crippen LogP contribution in [0.15, 0.2) is 67.1 Å². The highest BCUT2D eigenvalue weighted by Crippen LogP contribution is 2.25. The fourth-order valence-electron chi connectivity index (χ4n) is 4.48. The van der Waals surface area contributed by atoms with Gasteiger partial charge in [0.25, 0.3) is 5.91 Å². The van der Waals surface area contributed by atoms with Gasteiger partial charge >= 0.3 is 0 Å². The zero-order chi connectivity index (χ0) is 22.8. The molecule has 1 amide bonds. The Kier molecular flexibility index (Phi) is 5.62. The van der Waals surface area contributed by atoms with E-state index in [1.54, 1.807) is 18.3 Å². The van der Waals surface area contributed by atoms with E-state index >= 15 is 0 Å². The number of rotatable bonds is 4. The van der Waals surface area contributed by atoms with E-state index in [1.807, 2.05) is 58.1 Å². The van der Waals surface area contributed by atoms with Gasteiger partial charge in [-0.2, -0.15) is 5.26 Å². The summed E-state index contributed by atoms with van der Waals surface area (Å²) in [5.74, 6) is 0.854. The predicted octanol–water partition coefficient (Wildman–Crippen LogP) is 5.20. The molecule has 0 saturated carbocycles. The lowest BCUT2D eigenvalue weighted by Crippen LogP contribution is -2.38. The Labute approximate surface area is 193 Å². The first-order valence-electron chi connectivity index (χ1n) is 11.4. The topological polar surface area (TPSA) is 74.3 Å². The van der Waals surface area contributed by atoms with E-state index in [0.29, 0.717) is 5.56 Å². The van der Waals surface area contributed by atoms with Gasteiger partial charge in [0.1, 0.15) is 0 Å². The van der Waals surface area contributed by atoms with Crippen LogP contribution >= 0.6 is 0 Å². The van der Waals surface area contributed by atoms with Crippen LogP contribution in [0.5, 0.6) is 0 Å². The molecule has 0 N–H and O–H groups in total. The molecule has 0 aliphatic carbocycles. The third-order valence-corrected chi connectivity index (χ3v) is 6.61. The number of hydrogen-bond donors (Lipinski definition) is 0. The summed E-state index contributed by atoms with van der Waals surface area (Å²) in [4.78, 5) is 23.9. The average molecular weight is 436 g/mol. The number of amides is 1. The SMILES string of the molecule is CCC1CCN(C(=O)c2ccc(-c3cn4c(-c5ccc(C#N)cc5)cnc4cn3)cc2)CC1. The molecule has 0 bridgehead atoms. The second kappa shape index (κ2) is 8.87. The van der Waals surface area contributed by atoms with E-state index in [1.165, 1.54) is 6.42 Å². The molecule has 3 heterocycles. The molecule has 0 unspecified atom stereocenters. The maximum atomic E-state index is 12.9. The van der Waals surface area contributed by atoms with Crippen molar-refractivity contribution in [2.75, 3.05) is 13.1 Å². The summed E-state index contributed by atoms with van der Waals surface area (Å²) in [6, 6.07) is 17.3. The Morgan fingerprint density at radius 3 is 2.36 bits per heavy atom. The largest absolute Gasteiger partial charge is 0.339 e. The van der Waals surface area contributed by atoms with Crippen molar-refractivity contribution in [3.05, 3.63) is 78.2 Å². The monoisotopic (exact) mass is 435 g/mol. The number of carbonyl (C=O) groups excluding carboxylic acids is 1. The van der Waals surface area contributed by atoms with Crippen molar-refractivity contribution in [3.8, 4) is 28.6 Å². The van der Waals surface area contributed by atoms with Crippen molar-refractivity contribution in [3.63, 3.8) is 0 Å². The zero-order valence-corrected chi connectivity index (χ0v) is 18.6. The zero-order valence-electron chi connectivity index (χ0n) is 18.6. The third kappa shape index (κ3) is 4.10. The Morgan fingerprint density at radius 2 is 1.70 bits per heavy atom. The van der Waals surface area contributed by atoms with Gasteiger partial charge < -0.3 is 4.90 Å². The van der Waals surface area contributed by atoms with Gasteiger partial charge in [-0.25, -0.2) is 4.98 Å². The standard InChI is InChI=1S/C27H25N5O/c1-2-19-11-13-31(14-12-19)27(33)23-9-7-21(8-10-23)24-18-32-25(16-30-26(32)17-29-24)22-5-3-20(15-28)4-6-22/h3-10,16-19H,2,11-14H2,1H3. The number of carbonyl (C=O) groups is 1. The van der Waals surface area contributed by atoms with Crippen LogP contribution in [0.4, 0.5) is 0 Å². The maximum absolute atomic E-state index is 12.9. The van der Waals surface area contributed by atoms with Crippen LogP contribution in [0.2, 0.25) is 0 Å². The van der Waals surface area contributed by atoms with Crippen LogP contribution in [0, 0.1) is 17.2 Å². The molecule has 6 nitrogen and oxygen atoms in total. The van der Waals surface area contributed by atoms with Crippen molar-refractivity contribution in [1.82, 2.24) is 19.3 Å². The lowest BCUT2D eigenvalue weighted by Gasteiger charge is -2.31. The van der Waals surface area contributed by atoms with Gasteiger partial charge in [0, 0.05) is 36.0 Å². The molecule has 1 aliphatic rings. The van der Waals surface area contributed by atoms with Gasteiger partial charge in [0.2, 0.25) is 0 Å². The average Bonchev–Trinajstić information content (AvgIpc) is 3.32. The molecule has 5 rings (SSSR count). The predicted molar refractivity (Wildman–Crippen MR) is 127 cm³/mol. The highest BCUT2D eigenvalue weighted by atomic mass is 16.2. The first-order valence-corrected chi connectivity index (χ1v) is 11.4. The molecule has 1 fully saturated rings. The van der Waals surface area contributed by atoms with Gasteiger partial charge in [-0.05, 0) is 43.0 Å². The van der Waals surface area contributed by atoms with Gasteiger partial charge in [0.15, 0.2) is 5.65 Å². The van der Waals surface area contributed by atoms with Gasteiger partial charge in [-0.15, -0.1) is 0 Å². The number of imidazole rings is 1. The number of nitriles is 1. The summed E-state index contributed by atoms with van der Waals surface area (Å²) in [5, 5.41) is 9.04. The van der Waals surface area contributed by atoms with Crippen LogP contribution < -0.4 is 0 Å². The Morgan fingerprint density at radius 1 is 1.00 bits per heavy atom. The van der Waals surface area contributed by atoms with Crippen LogP contribution in [-0.4, -0.2) is 38.3 Å². The van der Waals surface area contributed by atoms with Gasteiger partial charge in [0.05, 0.1) is 35.4 Å². The molecule has 33 heavy (non-hydrogen) atoms. The quantitative estimate of drug-likeness (QED) is 0.442. The second-order valence-electron chi connectivity index (χ2n) is 8.55. The smallest absolute Gasteiger partial charge is 0.253 e. The molecule has 6 heteroatoms. The summed E-state index contributed by atoms with van der Waals surface area (Å²) in [5.41, 5.74) is 5.75. The first kappa shape index (κ1) is 20.9. The van der Waals surface area contributed by atoms with Crippen LogP contribution in [0.1, 0.15) is 42.1 Å².